The van der Waals surface area contributed by atoms with Gasteiger partial charge in [0.15, 0.2) is 0 Å². The number of rotatable bonds is 7. The van der Waals surface area contributed by atoms with Crippen molar-refractivity contribution in [3.8, 4) is 5.75 Å². The summed E-state index contributed by atoms with van der Waals surface area (Å²) >= 11 is 6.08. The molecule has 8 heteroatoms. The minimum absolute atomic E-state index is 0.0216. The van der Waals surface area contributed by atoms with Gasteiger partial charge in [-0.25, -0.2) is 4.79 Å². The maximum atomic E-state index is 12.5. The van der Waals surface area contributed by atoms with Crippen LogP contribution < -0.4 is 10.1 Å². The zero-order valence-corrected chi connectivity index (χ0v) is 16.6. The van der Waals surface area contributed by atoms with Gasteiger partial charge in [-0.05, 0) is 45.4 Å². The maximum Gasteiger partial charge on any atom is 0.317 e. The number of aliphatic carboxylic acids is 1. The van der Waals surface area contributed by atoms with Gasteiger partial charge >= 0.3 is 12.0 Å². The molecule has 27 heavy (non-hydrogen) atoms. The van der Waals surface area contributed by atoms with Crippen LogP contribution in [0.15, 0.2) is 24.3 Å². The molecule has 2 rings (SSSR count). The Morgan fingerprint density at radius 1 is 1.37 bits per heavy atom. The van der Waals surface area contributed by atoms with Crippen LogP contribution in [0.1, 0.15) is 26.2 Å². The van der Waals surface area contributed by atoms with E-state index in [0.29, 0.717) is 30.4 Å². The Bertz CT molecular complexity index is 643. The van der Waals surface area contributed by atoms with Crippen LogP contribution in [0.25, 0.3) is 0 Å². The van der Waals surface area contributed by atoms with Crippen LogP contribution in [0, 0.1) is 0 Å². The summed E-state index contributed by atoms with van der Waals surface area (Å²) < 4.78 is 5.77. The molecule has 1 aromatic rings. The van der Waals surface area contributed by atoms with Crippen molar-refractivity contribution in [2.75, 3.05) is 33.2 Å². The highest BCUT2D eigenvalue weighted by Gasteiger charge is 2.24. The van der Waals surface area contributed by atoms with Gasteiger partial charge in [-0.2, -0.15) is 0 Å². The van der Waals surface area contributed by atoms with Crippen LogP contribution in [0.3, 0.4) is 0 Å². The standard InChI is InChI=1S/C19H28ClN3O4/c1-14(27-17-8-4-3-7-16(17)20)12-21-19(26)23-10-5-6-15(9-11-23)22(2)13-18(24)25/h3-4,7-8,14-15H,5-6,9-13H2,1-2H3,(H,21,26)(H,24,25). The molecule has 0 aliphatic carbocycles. The molecule has 2 amide bonds. The largest absolute Gasteiger partial charge is 0.487 e. The zero-order chi connectivity index (χ0) is 19.8. The molecule has 0 bridgehead atoms. The van der Waals surface area contributed by atoms with Gasteiger partial charge in [0, 0.05) is 19.1 Å². The number of carbonyl (C=O) groups excluding carboxylic acids is 1. The topological polar surface area (TPSA) is 82.1 Å². The molecular weight excluding hydrogens is 370 g/mol. The van der Waals surface area contributed by atoms with Crippen LogP contribution in [0.5, 0.6) is 5.75 Å². The second-order valence-electron chi connectivity index (χ2n) is 6.93. The van der Waals surface area contributed by atoms with Crippen molar-refractivity contribution in [3.63, 3.8) is 0 Å². The molecule has 0 spiro atoms. The molecule has 2 N–H and O–H groups in total. The van der Waals surface area contributed by atoms with Crippen LogP contribution in [0.2, 0.25) is 5.02 Å². The number of likely N-dealkylation sites (tertiary alicyclic amines) is 1. The number of urea groups is 1. The molecule has 1 saturated heterocycles. The first kappa shape index (κ1) is 21.3. The van der Waals surface area contributed by atoms with Crippen LogP contribution in [-0.2, 0) is 4.79 Å². The third-order valence-electron chi connectivity index (χ3n) is 4.70. The number of carboxylic acid groups (broad SMARTS) is 1. The number of carboxylic acids is 1. The molecule has 1 fully saturated rings. The Labute approximate surface area is 165 Å². The molecule has 150 valence electrons. The number of nitrogens with zero attached hydrogens (tertiary/aromatic N) is 2. The minimum Gasteiger partial charge on any atom is -0.487 e. The number of carbonyl (C=O) groups is 2. The summed E-state index contributed by atoms with van der Waals surface area (Å²) in [5.41, 5.74) is 0. The summed E-state index contributed by atoms with van der Waals surface area (Å²) in [5, 5.41) is 12.4. The summed E-state index contributed by atoms with van der Waals surface area (Å²) in [6, 6.07) is 7.30. The number of halogens is 1. The van der Waals surface area contributed by atoms with Crippen molar-refractivity contribution < 1.29 is 19.4 Å². The van der Waals surface area contributed by atoms with E-state index in [1.54, 1.807) is 17.0 Å². The first-order chi connectivity index (χ1) is 12.9. The van der Waals surface area contributed by atoms with Crippen molar-refractivity contribution in [3.05, 3.63) is 29.3 Å². The van der Waals surface area contributed by atoms with E-state index in [4.69, 9.17) is 21.4 Å². The van der Waals surface area contributed by atoms with E-state index >= 15 is 0 Å². The lowest BCUT2D eigenvalue weighted by molar-refractivity contribution is -0.138. The van der Waals surface area contributed by atoms with E-state index in [0.717, 1.165) is 19.3 Å². The van der Waals surface area contributed by atoms with Gasteiger partial charge in [0.25, 0.3) is 0 Å². The number of nitrogens with one attached hydrogen (secondary N) is 1. The Balaban J connectivity index is 1.77. The average Bonchev–Trinajstić information content (AvgIpc) is 2.87. The minimum atomic E-state index is -0.830. The second-order valence-corrected chi connectivity index (χ2v) is 7.33. The Morgan fingerprint density at radius 2 is 2.11 bits per heavy atom. The van der Waals surface area contributed by atoms with E-state index in [1.807, 2.05) is 31.0 Å². The average molecular weight is 398 g/mol. The van der Waals surface area contributed by atoms with Gasteiger partial charge < -0.3 is 20.1 Å². The number of likely N-dealkylation sites (N-methyl/N-ethyl adjacent to an activating group) is 1. The SMILES string of the molecule is CC(CNC(=O)N1CCCC(N(C)CC(=O)O)CC1)Oc1ccccc1Cl. The van der Waals surface area contributed by atoms with Gasteiger partial charge in [-0.3, -0.25) is 9.69 Å². The summed E-state index contributed by atoms with van der Waals surface area (Å²) in [6.07, 6.45) is 2.30. The second kappa shape index (κ2) is 10.4. The van der Waals surface area contributed by atoms with E-state index < -0.39 is 5.97 Å². The quantitative estimate of drug-likeness (QED) is 0.739. The molecule has 0 aromatic heterocycles. The van der Waals surface area contributed by atoms with Crippen LogP contribution >= 0.6 is 11.6 Å². The van der Waals surface area contributed by atoms with Crippen LogP contribution in [0.4, 0.5) is 4.79 Å². The smallest absolute Gasteiger partial charge is 0.317 e. The number of benzene rings is 1. The Kier molecular flexibility index (Phi) is 8.19. The molecule has 2 unspecified atom stereocenters. The number of ether oxygens (including phenoxy) is 1. The summed E-state index contributed by atoms with van der Waals surface area (Å²) in [6.45, 7) is 3.56. The first-order valence-corrected chi connectivity index (χ1v) is 9.60. The summed E-state index contributed by atoms with van der Waals surface area (Å²) in [7, 11) is 1.82. The maximum absolute atomic E-state index is 12.5. The molecule has 1 heterocycles. The number of amides is 2. The fraction of sp³-hybridized carbons (Fsp3) is 0.579. The molecule has 2 atom stereocenters. The van der Waals surface area contributed by atoms with E-state index in [9.17, 15) is 9.59 Å². The van der Waals surface area contributed by atoms with E-state index in [1.165, 1.54) is 0 Å². The summed E-state index contributed by atoms with van der Waals surface area (Å²) in [4.78, 5) is 27.0. The van der Waals surface area contributed by atoms with Gasteiger partial charge in [0.1, 0.15) is 11.9 Å². The van der Waals surface area contributed by atoms with Crippen LogP contribution in [-0.4, -0.2) is 72.3 Å². The highest BCUT2D eigenvalue weighted by Crippen LogP contribution is 2.24. The van der Waals surface area contributed by atoms with Gasteiger partial charge in [-0.15, -0.1) is 0 Å². The number of para-hydroxylation sites is 1. The van der Waals surface area contributed by atoms with E-state index in [-0.39, 0.29) is 24.7 Å². The predicted octanol–water partition coefficient (Wildman–Crippen LogP) is 2.69. The van der Waals surface area contributed by atoms with Crippen molar-refractivity contribution >= 4 is 23.6 Å². The lowest BCUT2D eigenvalue weighted by atomic mass is 10.1. The molecule has 0 radical (unpaired) electrons. The third-order valence-corrected chi connectivity index (χ3v) is 5.01. The third kappa shape index (κ3) is 6.92. The number of hydrogen-bond acceptors (Lipinski definition) is 4. The molecule has 7 nitrogen and oxygen atoms in total. The van der Waals surface area contributed by atoms with Crippen molar-refractivity contribution in [2.45, 2.75) is 38.3 Å². The number of hydrogen-bond donors (Lipinski definition) is 2. The molecule has 1 aliphatic rings. The zero-order valence-electron chi connectivity index (χ0n) is 15.9. The van der Waals surface area contributed by atoms with Crippen molar-refractivity contribution in [1.29, 1.82) is 0 Å². The van der Waals surface area contributed by atoms with Gasteiger partial charge in [-0.1, -0.05) is 23.7 Å². The highest BCUT2D eigenvalue weighted by molar-refractivity contribution is 6.32. The van der Waals surface area contributed by atoms with Crippen molar-refractivity contribution in [1.82, 2.24) is 15.1 Å². The monoisotopic (exact) mass is 397 g/mol. The molecular formula is C19H28ClN3O4. The molecule has 0 saturated carbocycles. The van der Waals surface area contributed by atoms with Gasteiger partial charge in [0.2, 0.25) is 0 Å². The molecule has 1 aromatic carbocycles. The Morgan fingerprint density at radius 3 is 2.81 bits per heavy atom. The fourth-order valence-corrected chi connectivity index (χ4v) is 3.39. The fourth-order valence-electron chi connectivity index (χ4n) is 3.21. The normalized spacial score (nSPS) is 18.7. The Hall–Kier alpha value is -1.99. The first-order valence-electron chi connectivity index (χ1n) is 9.22. The van der Waals surface area contributed by atoms with Gasteiger partial charge in [0.05, 0.1) is 18.1 Å². The highest BCUT2D eigenvalue weighted by atomic mass is 35.5. The van der Waals surface area contributed by atoms with Crippen molar-refractivity contribution in [2.24, 2.45) is 0 Å². The molecule has 1 aliphatic heterocycles. The summed E-state index contributed by atoms with van der Waals surface area (Å²) in [5.74, 6) is -0.233. The lowest BCUT2D eigenvalue weighted by Crippen LogP contribution is -2.44. The lowest BCUT2D eigenvalue weighted by Gasteiger charge is -2.26. The van der Waals surface area contributed by atoms with E-state index in [2.05, 4.69) is 5.32 Å². The predicted molar refractivity (Wildman–Crippen MR) is 104 cm³/mol.